The van der Waals surface area contributed by atoms with Crippen molar-refractivity contribution >= 4 is 27.9 Å². The van der Waals surface area contributed by atoms with Gasteiger partial charge < -0.3 is 0 Å². The SMILES string of the molecule is CCN(CC)S(=O)(=O)c1cccc(-c2nn(-c3ccccc3)cc2/C=C2/C(=O)N(C)C(=O)C(C#N)=C2C)c1. The van der Waals surface area contributed by atoms with Crippen molar-refractivity contribution in [2.75, 3.05) is 20.1 Å². The number of nitrogens with zero attached hydrogens (tertiary/aromatic N) is 5. The summed E-state index contributed by atoms with van der Waals surface area (Å²) in [7, 11) is -2.39. The maximum Gasteiger partial charge on any atom is 0.271 e. The molecule has 1 aromatic heterocycles. The summed E-state index contributed by atoms with van der Waals surface area (Å²) in [6, 6.07) is 17.8. The third-order valence-electron chi connectivity index (χ3n) is 6.46. The summed E-state index contributed by atoms with van der Waals surface area (Å²) in [6.45, 7) is 5.80. The third-order valence-corrected chi connectivity index (χ3v) is 8.50. The van der Waals surface area contributed by atoms with E-state index in [2.05, 4.69) is 0 Å². The van der Waals surface area contributed by atoms with Crippen molar-refractivity contribution in [2.24, 2.45) is 0 Å². The Kier molecular flexibility index (Phi) is 7.44. The Morgan fingerprint density at radius 2 is 1.71 bits per heavy atom. The lowest BCUT2D eigenvalue weighted by molar-refractivity contribution is -0.138. The van der Waals surface area contributed by atoms with Gasteiger partial charge in [0.2, 0.25) is 10.0 Å². The van der Waals surface area contributed by atoms with Gasteiger partial charge in [-0.2, -0.15) is 14.7 Å². The van der Waals surface area contributed by atoms with Crippen molar-refractivity contribution in [3.63, 3.8) is 0 Å². The van der Waals surface area contributed by atoms with Crippen LogP contribution in [0.15, 0.2) is 82.4 Å². The second-order valence-electron chi connectivity index (χ2n) is 8.67. The number of sulfonamides is 1. The number of rotatable bonds is 7. The van der Waals surface area contributed by atoms with Crippen LogP contribution in [-0.2, 0) is 19.6 Å². The Bertz CT molecular complexity index is 1620. The summed E-state index contributed by atoms with van der Waals surface area (Å²) in [5, 5.41) is 14.3. The summed E-state index contributed by atoms with van der Waals surface area (Å²) < 4.78 is 29.4. The average Bonchev–Trinajstić information content (AvgIpc) is 3.35. The van der Waals surface area contributed by atoms with Gasteiger partial charge in [0, 0.05) is 43.0 Å². The van der Waals surface area contributed by atoms with Crippen molar-refractivity contribution in [3.05, 3.63) is 83.1 Å². The fourth-order valence-corrected chi connectivity index (χ4v) is 5.80. The molecule has 0 saturated carbocycles. The summed E-state index contributed by atoms with van der Waals surface area (Å²) >= 11 is 0. The molecule has 2 aromatic carbocycles. The van der Waals surface area contributed by atoms with Crippen LogP contribution in [0, 0.1) is 11.3 Å². The average molecular weight is 530 g/mol. The minimum Gasteiger partial charge on any atom is -0.277 e. The molecule has 10 heteroatoms. The number of carbonyl (C=O) groups excluding carboxylic acids is 2. The first-order valence-corrected chi connectivity index (χ1v) is 13.5. The predicted molar refractivity (Wildman–Crippen MR) is 143 cm³/mol. The van der Waals surface area contributed by atoms with Crippen LogP contribution in [0.2, 0.25) is 0 Å². The van der Waals surface area contributed by atoms with Gasteiger partial charge in [-0.05, 0) is 42.8 Å². The molecule has 0 saturated heterocycles. The number of amides is 2. The fraction of sp³-hybridized carbons (Fsp3) is 0.214. The van der Waals surface area contributed by atoms with Crippen LogP contribution >= 0.6 is 0 Å². The Balaban J connectivity index is 1.94. The van der Waals surface area contributed by atoms with E-state index >= 15 is 0 Å². The van der Waals surface area contributed by atoms with E-state index in [1.165, 1.54) is 11.4 Å². The molecule has 3 aromatic rings. The second kappa shape index (κ2) is 10.6. The minimum atomic E-state index is -3.72. The molecule has 0 aliphatic carbocycles. The number of aromatic nitrogens is 2. The summed E-state index contributed by atoms with van der Waals surface area (Å²) in [5.74, 6) is -1.19. The first-order chi connectivity index (χ1) is 18.1. The Morgan fingerprint density at radius 1 is 1.03 bits per heavy atom. The van der Waals surface area contributed by atoms with Crippen LogP contribution < -0.4 is 0 Å². The number of likely N-dealkylation sites (N-methyl/N-ethyl adjacent to an activating group) is 1. The number of hydrogen-bond acceptors (Lipinski definition) is 6. The first-order valence-electron chi connectivity index (χ1n) is 12.0. The monoisotopic (exact) mass is 529 g/mol. The van der Waals surface area contributed by atoms with Crippen LogP contribution in [0.3, 0.4) is 0 Å². The Hall–Kier alpha value is -4.33. The maximum atomic E-state index is 13.2. The highest BCUT2D eigenvalue weighted by Crippen LogP contribution is 2.32. The predicted octanol–water partition coefficient (Wildman–Crippen LogP) is 3.79. The number of imide groups is 1. The largest absolute Gasteiger partial charge is 0.277 e. The van der Waals surface area contributed by atoms with E-state index in [1.54, 1.807) is 62.0 Å². The number of nitriles is 1. The van der Waals surface area contributed by atoms with Gasteiger partial charge in [-0.15, -0.1) is 0 Å². The molecule has 1 aliphatic rings. The zero-order valence-electron chi connectivity index (χ0n) is 21.5. The van der Waals surface area contributed by atoms with Crippen molar-refractivity contribution in [2.45, 2.75) is 25.7 Å². The number of hydrogen-bond donors (Lipinski definition) is 0. The Morgan fingerprint density at radius 3 is 2.34 bits per heavy atom. The zero-order chi connectivity index (χ0) is 27.6. The highest BCUT2D eigenvalue weighted by molar-refractivity contribution is 7.89. The number of carbonyl (C=O) groups is 2. The fourth-order valence-electron chi connectivity index (χ4n) is 4.30. The van der Waals surface area contributed by atoms with E-state index in [0.717, 1.165) is 10.6 Å². The smallest absolute Gasteiger partial charge is 0.271 e. The van der Waals surface area contributed by atoms with E-state index in [0.29, 0.717) is 29.9 Å². The molecule has 194 valence electrons. The lowest BCUT2D eigenvalue weighted by Gasteiger charge is -2.23. The van der Waals surface area contributed by atoms with Gasteiger partial charge in [0.1, 0.15) is 17.3 Å². The second-order valence-corrected chi connectivity index (χ2v) is 10.6. The van der Waals surface area contributed by atoms with Crippen molar-refractivity contribution in [1.29, 1.82) is 5.26 Å². The summed E-state index contributed by atoms with van der Waals surface area (Å²) in [4.78, 5) is 26.5. The Labute approximate surface area is 222 Å². The van der Waals surface area contributed by atoms with E-state index in [4.69, 9.17) is 5.10 Å². The van der Waals surface area contributed by atoms with Crippen LogP contribution in [0.1, 0.15) is 26.3 Å². The van der Waals surface area contributed by atoms with Crippen LogP contribution in [0.4, 0.5) is 0 Å². The first kappa shape index (κ1) is 26.7. The molecule has 2 heterocycles. The molecular weight excluding hydrogens is 502 g/mol. The van der Waals surface area contributed by atoms with Crippen LogP contribution in [-0.4, -0.2) is 59.4 Å². The molecule has 9 nitrogen and oxygen atoms in total. The van der Waals surface area contributed by atoms with Crippen LogP contribution in [0.5, 0.6) is 0 Å². The molecule has 0 N–H and O–H groups in total. The highest BCUT2D eigenvalue weighted by Gasteiger charge is 2.33. The number of benzene rings is 2. The van der Waals surface area contributed by atoms with Gasteiger partial charge in [-0.3, -0.25) is 14.5 Å². The standard InChI is InChI=1S/C28H27N5O4S/c1-5-32(6-2)38(36,37)23-14-10-11-20(15-23)26-21(18-33(30-26)22-12-8-7-9-13-22)16-24-19(3)25(17-29)28(35)31(4)27(24)34/h7-16,18H,5-6H2,1-4H3/b24-16+. The van der Waals surface area contributed by atoms with Gasteiger partial charge in [0.05, 0.1) is 10.6 Å². The molecule has 0 radical (unpaired) electrons. The number of para-hydroxylation sites is 1. The quantitative estimate of drug-likeness (QED) is 0.340. The molecule has 0 bridgehead atoms. The normalized spacial score (nSPS) is 15.5. The van der Waals surface area contributed by atoms with E-state index in [-0.39, 0.29) is 21.6 Å². The zero-order valence-corrected chi connectivity index (χ0v) is 22.4. The van der Waals surface area contributed by atoms with Gasteiger partial charge >= 0.3 is 0 Å². The van der Waals surface area contributed by atoms with Crippen molar-refractivity contribution in [1.82, 2.24) is 19.0 Å². The molecule has 38 heavy (non-hydrogen) atoms. The van der Waals surface area contributed by atoms with Gasteiger partial charge in [0.15, 0.2) is 0 Å². The molecule has 0 fully saturated rings. The topological polar surface area (TPSA) is 116 Å². The van der Waals surface area contributed by atoms with E-state index in [9.17, 15) is 23.3 Å². The summed E-state index contributed by atoms with van der Waals surface area (Å²) in [5.41, 5.74) is 2.61. The summed E-state index contributed by atoms with van der Waals surface area (Å²) in [6.07, 6.45) is 3.32. The van der Waals surface area contributed by atoms with E-state index in [1.807, 2.05) is 36.4 Å². The lowest BCUT2D eigenvalue weighted by Crippen LogP contribution is -2.39. The molecule has 0 atom stereocenters. The molecule has 0 spiro atoms. The van der Waals surface area contributed by atoms with Gasteiger partial charge in [0.25, 0.3) is 11.8 Å². The molecule has 0 unspecified atom stereocenters. The van der Waals surface area contributed by atoms with Gasteiger partial charge in [-0.25, -0.2) is 13.1 Å². The maximum absolute atomic E-state index is 13.2. The molecule has 4 rings (SSSR count). The lowest BCUT2D eigenvalue weighted by atomic mass is 9.93. The third kappa shape index (κ3) is 4.69. The highest BCUT2D eigenvalue weighted by atomic mass is 32.2. The molecular formula is C28H27N5O4S. The van der Waals surface area contributed by atoms with Crippen LogP contribution in [0.25, 0.3) is 23.0 Å². The van der Waals surface area contributed by atoms with Gasteiger partial charge in [-0.1, -0.05) is 44.2 Å². The molecule has 2 amide bonds. The van der Waals surface area contributed by atoms with E-state index < -0.39 is 21.8 Å². The van der Waals surface area contributed by atoms with Crippen molar-refractivity contribution in [3.8, 4) is 23.0 Å². The van der Waals surface area contributed by atoms with Crippen molar-refractivity contribution < 1.29 is 18.0 Å². The molecule has 1 aliphatic heterocycles. The minimum absolute atomic E-state index is 0.109.